The molecule has 0 bridgehead atoms. The van der Waals surface area contributed by atoms with E-state index in [9.17, 15) is 9.59 Å². The number of hydrogen-bond acceptors (Lipinski definition) is 4. The number of rotatable bonds is 8. The van der Waals surface area contributed by atoms with E-state index in [2.05, 4.69) is 34.5 Å². The topological polar surface area (TPSA) is 61.9 Å². The summed E-state index contributed by atoms with van der Waals surface area (Å²) in [5.74, 6) is 0.149. The molecule has 1 aliphatic rings. The first-order valence-electron chi connectivity index (χ1n) is 9.97. The van der Waals surface area contributed by atoms with Crippen molar-refractivity contribution in [2.75, 3.05) is 45.9 Å². The number of carbonyl (C=O) groups is 2. The zero-order valence-corrected chi connectivity index (χ0v) is 17.6. The van der Waals surface area contributed by atoms with E-state index in [4.69, 9.17) is 16.3 Å². The predicted octanol–water partition coefficient (Wildman–Crippen LogP) is 2.69. The fourth-order valence-electron chi connectivity index (χ4n) is 3.10. The number of piperazine rings is 1. The summed E-state index contributed by atoms with van der Waals surface area (Å²) in [6.07, 6.45) is 4.26. The fourth-order valence-corrected chi connectivity index (χ4v) is 3.22. The number of amides is 2. The molecule has 1 N–H and O–H groups in total. The van der Waals surface area contributed by atoms with E-state index in [1.807, 2.05) is 18.2 Å². The number of carbonyl (C=O) groups excluding carboxylic acids is 2. The van der Waals surface area contributed by atoms with E-state index in [0.717, 1.165) is 19.6 Å². The first-order valence-corrected chi connectivity index (χ1v) is 10.3. The van der Waals surface area contributed by atoms with Gasteiger partial charge in [0, 0.05) is 37.7 Å². The van der Waals surface area contributed by atoms with E-state index in [1.165, 1.54) is 5.56 Å². The highest BCUT2D eigenvalue weighted by Crippen LogP contribution is 2.15. The molecular weight excluding hydrogens is 402 g/mol. The Bertz CT molecular complexity index is 848. The van der Waals surface area contributed by atoms with Crippen LogP contribution in [0.5, 0.6) is 5.75 Å². The zero-order valence-electron chi connectivity index (χ0n) is 16.8. The van der Waals surface area contributed by atoms with Gasteiger partial charge in [0.15, 0.2) is 6.61 Å². The molecule has 0 aliphatic carbocycles. The maximum Gasteiger partial charge on any atom is 0.258 e. The molecule has 7 heteroatoms. The summed E-state index contributed by atoms with van der Waals surface area (Å²) in [7, 11) is 0. The molecule has 3 rings (SSSR count). The van der Waals surface area contributed by atoms with Crippen molar-refractivity contribution >= 4 is 29.5 Å². The van der Waals surface area contributed by atoms with E-state index < -0.39 is 0 Å². The average molecular weight is 428 g/mol. The van der Waals surface area contributed by atoms with Crippen LogP contribution in [0.3, 0.4) is 0 Å². The molecule has 0 radical (unpaired) electrons. The molecule has 2 aromatic rings. The van der Waals surface area contributed by atoms with Crippen LogP contribution in [0, 0.1) is 0 Å². The monoisotopic (exact) mass is 427 g/mol. The van der Waals surface area contributed by atoms with Crippen LogP contribution in [-0.4, -0.2) is 67.5 Å². The molecule has 0 aromatic heterocycles. The second-order valence-corrected chi connectivity index (χ2v) is 7.45. The molecule has 2 aromatic carbocycles. The van der Waals surface area contributed by atoms with Crippen molar-refractivity contribution in [2.45, 2.75) is 0 Å². The van der Waals surface area contributed by atoms with Crippen molar-refractivity contribution in [3.05, 3.63) is 71.3 Å². The van der Waals surface area contributed by atoms with Gasteiger partial charge in [-0.3, -0.25) is 14.5 Å². The van der Waals surface area contributed by atoms with Gasteiger partial charge in [0.05, 0.1) is 6.54 Å². The standard InChI is InChI=1S/C23H26ClN3O3/c24-20-8-10-21(11-9-20)30-18-22(28)25-17-23(29)27-15-13-26(14-16-27)12-4-7-19-5-2-1-3-6-19/h1-11H,12-18H2,(H,25,28)/b7-4+. The van der Waals surface area contributed by atoms with E-state index in [-0.39, 0.29) is 25.0 Å². The SMILES string of the molecule is O=C(COc1ccc(Cl)cc1)NCC(=O)N1CCN(C/C=C/c2ccccc2)CC1. The lowest BCUT2D eigenvalue weighted by Gasteiger charge is -2.34. The van der Waals surface area contributed by atoms with Gasteiger partial charge in [-0.1, -0.05) is 54.1 Å². The molecule has 30 heavy (non-hydrogen) atoms. The smallest absolute Gasteiger partial charge is 0.258 e. The summed E-state index contributed by atoms with van der Waals surface area (Å²) in [4.78, 5) is 28.3. The Morgan fingerprint density at radius 1 is 1.00 bits per heavy atom. The number of nitrogens with zero attached hydrogens (tertiary/aromatic N) is 2. The minimum Gasteiger partial charge on any atom is -0.484 e. The molecule has 1 saturated heterocycles. The van der Waals surface area contributed by atoms with Crippen molar-refractivity contribution in [2.24, 2.45) is 0 Å². The Morgan fingerprint density at radius 2 is 1.70 bits per heavy atom. The van der Waals surface area contributed by atoms with Crippen LogP contribution < -0.4 is 10.1 Å². The minimum atomic E-state index is -0.331. The van der Waals surface area contributed by atoms with Crippen LogP contribution in [0.15, 0.2) is 60.7 Å². The third kappa shape index (κ3) is 7.21. The first-order chi connectivity index (χ1) is 14.6. The highest BCUT2D eigenvalue weighted by molar-refractivity contribution is 6.30. The fraction of sp³-hybridized carbons (Fsp3) is 0.304. The van der Waals surface area contributed by atoms with Crippen LogP contribution in [0.1, 0.15) is 5.56 Å². The molecule has 1 aliphatic heterocycles. The highest BCUT2D eigenvalue weighted by Gasteiger charge is 2.20. The molecular formula is C23H26ClN3O3. The Morgan fingerprint density at radius 3 is 2.40 bits per heavy atom. The molecule has 0 spiro atoms. The van der Waals surface area contributed by atoms with Crippen LogP contribution in [-0.2, 0) is 9.59 Å². The number of hydrogen-bond donors (Lipinski definition) is 1. The number of benzene rings is 2. The van der Waals surface area contributed by atoms with Crippen LogP contribution >= 0.6 is 11.6 Å². The number of nitrogens with one attached hydrogen (secondary N) is 1. The molecule has 1 fully saturated rings. The van der Waals surface area contributed by atoms with Crippen molar-refractivity contribution < 1.29 is 14.3 Å². The summed E-state index contributed by atoms with van der Waals surface area (Å²) in [5.41, 5.74) is 1.18. The van der Waals surface area contributed by atoms with E-state index in [1.54, 1.807) is 29.2 Å². The van der Waals surface area contributed by atoms with Gasteiger partial charge in [-0.25, -0.2) is 0 Å². The minimum absolute atomic E-state index is 0.0171. The summed E-state index contributed by atoms with van der Waals surface area (Å²) in [6, 6.07) is 16.9. The lowest BCUT2D eigenvalue weighted by molar-refractivity contribution is -0.134. The number of ether oxygens (including phenoxy) is 1. The third-order valence-electron chi connectivity index (χ3n) is 4.82. The highest BCUT2D eigenvalue weighted by atomic mass is 35.5. The van der Waals surface area contributed by atoms with Gasteiger partial charge in [-0.15, -0.1) is 0 Å². The maximum atomic E-state index is 12.3. The normalized spacial score (nSPS) is 14.6. The van der Waals surface area contributed by atoms with E-state index >= 15 is 0 Å². The Labute approximate surface area is 182 Å². The summed E-state index contributed by atoms with van der Waals surface area (Å²) < 4.78 is 5.38. The average Bonchev–Trinajstić information content (AvgIpc) is 2.78. The summed E-state index contributed by atoms with van der Waals surface area (Å²) in [5, 5.41) is 3.22. The maximum absolute atomic E-state index is 12.3. The summed E-state index contributed by atoms with van der Waals surface area (Å²) in [6.45, 7) is 3.66. The largest absolute Gasteiger partial charge is 0.484 e. The van der Waals surface area contributed by atoms with Gasteiger partial charge >= 0.3 is 0 Å². The Kier molecular flexibility index (Phi) is 8.30. The molecule has 2 amide bonds. The van der Waals surface area contributed by atoms with Crippen LogP contribution in [0.4, 0.5) is 0 Å². The molecule has 0 unspecified atom stereocenters. The molecule has 0 atom stereocenters. The van der Waals surface area contributed by atoms with Crippen LogP contribution in [0.2, 0.25) is 5.02 Å². The first kappa shape index (κ1) is 21.9. The van der Waals surface area contributed by atoms with Gasteiger partial charge in [0.1, 0.15) is 5.75 Å². The molecule has 1 heterocycles. The second-order valence-electron chi connectivity index (χ2n) is 7.01. The lowest BCUT2D eigenvalue weighted by atomic mass is 10.2. The van der Waals surface area contributed by atoms with Gasteiger partial charge in [-0.2, -0.15) is 0 Å². The quantitative estimate of drug-likeness (QED) is 0.703. The van der Waals surface area contributed by atoms with Crippen molar-refractivity contribution in [1.29, 1.82) is 0 Å². The van der Waals surface area contributed by atoms with Gasteiger partial charge < -0.3 is 15.0 Å². The van der Waals surface area contributed by atoms with Crippen molar-refractivity contribution in [1.82, 2.24) is 15.1 Å². The zero-order chi connectivity index (χ0) is 21.2. The number of halogens is 1. The third-order valence-corrected chi connectivity index (χ3v) is 5.07. The van der Waals surface area contributed by atoms with Gasteiger partial charge in [-0.05, 0) is 29.8 Å². The predicted molar refractivity (Wildman–Crippen MR) is 118 cm³/mol. The Hall–Kier alpha value is -2.83. The second kappa shape index (κ2) is 11.4. The molecule has 0 saturated carbocycles. The molecule has 6 nitrogen and oxygen atoms in total. The summed E-state index contributed by atoms with van der Waals surface area (Å²) >= 11 is 5.81. The Balaban J connectivity index is 1.31. The van der Waals surface area contributed by atoms with Gasteiger partial charge in [0.2, 0.25) is 5.91 Å². The van der Waals surface area contributed by atoms with Crippen molar-refractivity contribution in [3.8, 4) is 5.75 Å². The van der Waals surface area contributed by atoms with Gasteiger partial charge in [0.25, 0.3) is 5.91 Å². The van der Waals surface area contributed by atoms with E-state index in [0.29, 0.717) is 23.9 Å². The van der Waals surface area contributed by atoms with Crippen molar-refractivity contribution in [3.63, 3.8) is 0 Å². The molecule has 158 valence electrons. The van der Waals surface area contributed by atoms with Crippen LogP contribution in [0.25, 0.3) is 6.08 Å². The lowest BCUT2D eigenvalue weighted by Crippen LogP contribution is -2.51.